The molecule has 1 atom stereocenters. The smallest absolute Gasteiger partial charge is 0.406 e. The Morgan fingerprint density at radius 1 is 1.13 bits per heavy atom. The van der Waals surface area contributed by atoms with Gasteiger partial charge in [0.2, 0.25) is 5.91 Å². The summed E-state index contributed by atoms with van der Waals surface area (Å²) in [5.74, 6) is -1.83. The molecule has 10 heteroatoms. The lowest BCUT2D eigenvalue weighted by Gasteiger charge is -2.39. The van der Waals surface area contributed by atoms with Crippen LogP contribution < -0.4 is 4.74 Å². The van der Waals surface area contributed by atoms with Crippen LogP contribution in [-0.4, -0.2) is 58.9 Å². The molecule has 0 saturated carbocycles. The SMILES string of the molecule is O=C(c1cccc(OC(F)(F)F)c1)N1CCC(N2C(=O)N=C3C=CC=CC3C2=O)CC1. The number of aliphatic imine (C=N–C) groups is 1. The van der Waals surface area contributed by atoms with E-state index in [0.29, 0.717) is 18.6 Å². The molecule has 0 aromatic heterocycles. The van der Waals surface area contributed by atoms with Gasteiger partial charge in [0, 0.05) is 24.7 Å². The largest absolute Gasteiger partial charge is 0.573 e. The molecule has 1 aromatic rings. The van der Waals surface area contributed by atoms with Gasteiger partial charge in [-0.15, -0.1) is 13.2 Å². The van der Waals surface area contributed by atoms with E-state index in [-0.39, 0.29) is 24.6 Å². The fraction of sp³-hybridized carbons (Fsp3) is 0.333. The van der Waals surface area contributed by atoms with Gasteiger partial charge in [-0.2, -0.15) is 4.99 Å². The molecule has 4 rings (SSSR count). The summed E-state index contributed by atoms with van der Waals surface area (Å²) in [6, 6.07) is 3.88. The Labute approximate surface area is 175 Å². The second-order valence-electron chi connectivity index (χ2n) is 7.35. The molecule has 4 amide bonds. The molecule has 31 heavy (non-hydrogen) atoms. The Morgan fingerprint density at radius 3 is 2.58 bits per heavy atom. The van der Waals surface area contributed by atoms with Crippen molar-refractivity contribution < 1.29 is 32.3 Å². The van der Waals surface area contributed by atoms with Crippen LogP contribution in [0.3, 0.4) is 0 Å². The zero-order valence-electron chi connectivity index (χ0n) is 16.2. The highest BCUT2D eigenvalue weighted by atomic mass is 19.4. The number of allylic oxidation sites excluding steroid dienone is 3. The summed E-state index contributed by atoms with van der Waals surface area (Å²) >= 11 is 0. The first kappa shape index (κ1) is 20.8. The van der Waals surface area contributed by atoms with Crippen LogP contribution >= 0.6 is 0 Å². The number of carbonyl (C=O) groups is 3. The number of fused-ring (bicyclic) bond motifs is 1. The van der Waals surface area contributed by atoms with Gasteiger partial charge in [-0.1, -0.05) is 24.3 Å². The number of hydrogen-bond donors (Lipinski definition) is 0. The van der Waals surface area contributed by atoms with Gasteiger partial charge in [-0.3, -0.25) is 14.5 Å². The van der Waals surface area contributed by atoms with Crippen LogP contribution in [0, 0.1) is 5.92 Å². The third-order valence-corrected chi connectivity index (χ3v) is 5.37. The predicted octanol–water partition coefficient (Wildman–Crippen LogP) is 3.34. The number of carbonyl (C=O) groups excluding carboxylic acids is 3. The fourth-order valence-corrected chi connectivity index (χ4v) is 3.93. The number of amides is 4. The van der Waals surface area contributed by atoms with Gasteiger partial charge >= 0.3 is 12.4 Å². The third kappa shape index (κ3) is 4.37. The number of urea groups is 1. The van der Waals surface area contributed by atoms with Gasteiger partial charge in [0.05, 0.1) is 11.6 Å². The molecule has 0 spiro atoms. The maximum Gasteiger partial charge on any atom is 0.573 e. The van der Waals surface area contributed by atoms with Crippen LogP contribution in [0.2, 0.25) is 0 Å². The normalized spacial score (nSPS) is 21.8. The average Bonchev–Trinajstić information content (AvgIpc) is 2.73. The Balaban J connectivity index is 1.42. The van der Waals surface area contributed by atoms with Crippen molar-refractivity contribution in [1.29, 1.82) is 0 Å². The summed E-state index contributed by atoms with van der Waals surface area (Å²) in [5.41, 5.74) is 0.487. The standard InChI is InChI=1S/C21H18F3N3O4/c22-21(23,24)31-15-5-3-4-13(12-15)18(28)26-10-8-14(9-11-26)27-19(29)16-6-1-2-7-17(16)25-20(27)30/h1-7,12,14,16H,8-11H2. The summed E-state index contributed by atoms with van der Waals surface area (Å²) < 4.78 is 41.1. The Hall–Kier alpha value is -3.43. The van der Waals surface area contributed by atoms with Crippen molar-refractivity contribution in [2.45, 2.75) is 25.2 Å². The number of alkyl halides is 3. The van der Waals surface area contributed by atoms with E-state index in [0.717, 1.165) is 17.0 Å². The Bertz CT molecular complexity index is 1010. The molecule has 2 aliphatic heterocycles. The van der Waals surface area contributed by atoms with Crippen LogP contribution in [0.5, 0.6) is 5.75 Å². The number of benzene rings is 1. The molecule has 1 unspecified atom stereocenters. The maximum absolute atomic E-state index is 12.8. The molecule has 1 aliphatic carbocycles. The highest BCUT2D eigenvalue weighted by molar-refractivity contribution is 6.21. The van der Waals surface area contributed by atoms with Gasteiger partial charge in [-0.05, 0) is 37.1 Å². The topological polar surface area (TPSA) is 79.3 Å². The van der Waals surface area contributed by atoms with Crippen molar-refractivity contribution in [1.82, 2.24) is 9.80 Å². The number of hydrogen-bond acceptors (Lipinski definition) is 4. The molecule has 0 N–H and O–H groups in total. The summed E-state index contributed by atoms with van der Waals surface area (Å²) in [7, 11) is 0. The summed E-state index contributed by atoms with van der Waals surface area (Å²) in [5, 5.41) is 0. The lowest BCUT2D eigenvalue weighted by molar-refractivity contribution is -0.274. The molecule has 2 heterocycles. The zero-order chi connectivity index (χ0) is 22.2. The minimum absolute atomic E-state index is 0.0682. The lowest BCUT2D eigenvalue weighted by Crippen LogP contribution is -2.54. The molecule has 7 nitrogen and oxygen atoms in total. The molecule has 1 aromatic carbocycles. The van der Waals surface area contributed by atoms with Gasteiger partial charge in [-0.25, -0.2) is 4.79 Å². The molecule has 3 aliphatic rings. The second-order valence-corrected chi connectivity index (χ2v) is 7.35. The summed E-state index contributed by atoms with van der Waals surface area (Å²) in [6.45, 7) is 0.504. The highest BCUT2D eigenvalue weighted by Gasteiger charge is 2.41. The number of rotatable bonds is 3. The quantitative estimate of drug-likeness (QED) is 0.733. The lowest BCUT2D eigenvalue weighted by atomic mass is 9.93. The fourth-order valence-electron chi connectivity index (χ4n) is 3.93. The second kappa shape index (κ2) is 8.01. The van der Waals surface area contributed by atoms with Gasteiger partial charge in [0.15, 0.2) is 0 Å². The van der Waals surface area contributed by atoms with E-state index in [2.05, 4.69) is 9.73 Å². The maximum atomic E-state index is 12.8. The van der Waals surface area contributed by atoms with Crippen molar-refractivity contribution in [3.8, 4) is 5.75 Å². The number of imide groups is 1. The summed E-state index contributed by atoms with van der Waals surface area (Å²) in [4.78, 5) is 44.6. The van der Waals surface area contributed by atoms with Crippen LogP contribution in [-0.2, 0) is 4.79 Å². The number of likely N-dealkylation sites (tertiary alicyclic amines) is 1. The molecule has 1 fully saturated rings. The number of ether oxygens (including phenoxy) is 1. The Morgan fingerprint density at radius 2 is 1.87 bits per heavy atom. The molecule has 0 radical (unpaired) electrons. The van der Waals surface area contributed by atoms with Crippen molar-refractivity contribution in [2.75, 3.05) is 13.1 Å². The first-order valence-corrected chi connectivity index (χ1v) is 9.68. The van der Waals surface area contributed by atoms with E-state index >= 15 is 0 Å². The molecule has 162 valence electrons. The van der Waals surface area contributed by atoms with E-state index in [1.54, 1.807) is 24.3 Å². The van der Waals surface area contributed by atoms with Gasteiger partial charge in [0.25, 0.3) is 5.91 Å². The van der Waals surface area contributed by atoms with E-state index in [4.69, 9.17) is 0 Å². The zero-order valence-corrected chi connectivity index (χ0v) is 16.2. The average molecular weight is 433 g/mol. The molecule has 1 saturated heterocycles. The highest BCUT2D eigenvalue weighted by Crippen LogP contribution is 2.27. The van der Waals surface area contributed by atoms with E-state index in [1.165, 1.54) is 17.0 Å². The van der Waals surface area contributed by atoms with Crippen LogP contribution in [0.1, 0.15) is 23.2 Å². The van der Waals surface area contributed by atoms with Crippen LogP contribution in [0.25, 0.3) is 0 Å². The first-order valence-electron chi connectivity index (χ1n) is 9.68. The number of piperidine rings is 1. The van der Waals surface area contributed by atoms with Crippen molar-refractivity contribution in [3.05, 3.63) is 54.1 Å². The summed E-state index contributed by atoms with van der Waals surface area (Å²) in [6.07, 6.45) is 2.64. The van der Waals surface area contributed by atoms with E-state index < -0.39 is 36.0 Å². The molecule has 0 bridgehead atoms. The van der Waals surface area contributed by atoms with E-state index in [1.807, 2.05) is 0 Å². The van der Waals surface area contributed by atoms with Crippen LogP contribution in [0.4, 0.5) is 18.0 Å². The number of nitrogens with zero attached hydrogens (tertiary/aromatic N) is 3. The third-order valence-electron chi connectivity index (χ3n) is 5.37. The first-order chi connectivity index (χ1) is 14.7. The van der Waals surface area contributed by atoms with Gasteiger partial charge in [0.1, 0.15) is 5.75 Å². The Kier molecular flexibility index (Phi) is 5.38. The van der Waals surface area contributed by atoms with Crippen molar-refractivity contribution in [3.63, 3.8) is 0 Å². The molecular formula is C21H18F3N3O4. The van der Waals surface area contributed by atoms with Crippen molar-refractivity contribution in [2.24, 2.45) is 10.9 Å². The van der Waals surface area contributed by atoms with Crippen molar-refractivity contribution >= 4 is 23.6 Å². The molecular weight excluding hydrogens is 415 g/mol. The minimum atomic E-state index is -4.85. The van der Waals surface area contributed by atoms with Crippen LogP contribution in [0.15, 0.2) is 53.6 Å². The number of halogens is 3. The predicted molar refractivity (Wildman–Crippen MR) is 103 cm³/mol. The monoisotopic (exact) mass is 433 g/mol. The minimum Gasteiger partial charge on any atom is -0.406 e. The van der Waals surface area contributed by atoms with E-state index in [9.17, 15) is 27.6 Å². The van der Waals surface area contributed by atoms with Gasteiger partial charge < -0.3 is 9.64 Å².